The molecule has 3 aromatic heterocycles. The van der Waals surface area contributed by atoms with Crippen molar-refractivity contribution in [2.75, 3.05) is 11.1 Å². The van der Waals surface area contributed by atoms with Gasteiger partial charge in [0.15, 0.2) is 0 Å². The number of nitrogens with one attached hydrogen (secondary N) is 1. The van der Waals surface area contributed by atoms with Crippen molar-refractivity contribution in [2.24, 2.45) is 0 Å². The summed E-state index contributed by atoms with van der Waals surface area (Å²) in [7, 11) is 0. The van der Waals surface area contributed by atoms with Crippen LogP contribution in [0.4, 0.5) is 16.6 Å². The van der Waals surface area contributed by atoms with Crippen LogP contribution in [0.25, 0.3) is 0 Å². The number of hydrogen-bond donors (Lipinski definition) is 3. The maximum absolute atomic E-state index is 11.2. The van der Waals surface area contributed by atoms with Crippen LogP contribution < -0.4 is 11.1 Å². The molecule has 160 valence electrons. The van der Waals surface area contributed by atoms with Gasteiger partial charge in [-0.15, -0.1) is 0 Å². The van der Waals surface area contributed by atoms with Crippen molar-refractivity contribution in [1.29, 1.82) is 0 Å². The molecule has 9 heteroatoms. The van der Waals surface area contributed by atoms with E-state index in [1.807, 2.05) is 42.5 Å². The summed E-state index contributed by atoms with van der Waals surface area (Å²) in [6.45, 7) is 0. The van der Waals surface area contributed by atoms with Crippen LogP contribution in [-0.4, -0.2) is 31.1 Å². The number of hydrogen-bond acceptors (Lipinski definition) is 6. The molecule has 8 nitrogen and oxygen atoms in total. The first-order valence-electron chi connectivity index (χ1n) is 9.72. The van der Waals surface area contributed by atoms with Crippen LogP contribution in [0, 0.1) is 0 Å². The van der Waals surface area contributed by atoms with Crippen molar-refractivity contribution in [3.05, 3.63) is 107 Å². The standard InChI is InChI=1S/C23H19ClN6O2/c24-16-8-6-14(7-9-16)20(15-3-2-11-26-13-15)21(18-10-12-27-22(25)29-18)17-4-1-5-19(28-17)30-23(31)32/h1-13,20-21H,(H,28,30)(H,31,32)(H2,25,27,29). The summed E-state index contributed by atoms with van der Waals surface area (Å²) in [5.41, 5.74) is 9.04. The molecule has 4 aromatic rings. The Bertz CT molecular complexity index is 1220. The Labute approximate surface area is 189 Å². The lowest BCUT2D eigenvalue weighted by Crippen LogP contribution is -2.19. The van der Waals surface area contributed by atoms with Gasteiger partial charge in [0, 0.05) is 29.5 Å². The van der Waals surface area contributed by atoms with Gasteiger partial charge < -0.3 is 10.8 Å². The monoisotopic (exact) mass is 446 g/mol. The van der Waals surface area contributed by atoms with E-state index < -0.39 is 12.0 Å². The molecule has 2 unspecified atom stereocenters. The number of pyridine rings is 2. The second-order valence-corrected chi connectivity index (χ2v) is 7.45. The lowest BCUT2D eigenvalue weighted by molar-refractivity contribution is 0.209. The van der Waals surface area contributed by atoms with E-state index in [2.05, 4.69) is 25.3 Å². The fourth-order valence-corrected chi connectivity index (χ4v) is 3.79. The van der Waals surface area contributed by atoms with Gasteiger partial charge in [-0.3, -0.25) is 10.3 Å². The van der Waals surface area contributed by atoms with E-state index in [0.717, 1.165) is 11.1 Å². The van der Waals surface area contributed by atoms with Crippen molar-refractivity contribution in [3.63, 3.8) is 0 Å². The van der Waals surface area contributed by atoms with Crippen LogP contribution in [0.2, 0.25) is 5.02 Å². The van der Waals surface area contributed by atoms with Gasteiger partial charge in [-0.25, -0.2) is 19.7 Å². The average Bonchev–Trinajstić information content (AvgIpc) is 2.78. The van der Waals surface area contributed by atoms with Crippen LogP contribution in [0.1, 0.15) is 34.4 Å². The number of amides is 1. The molecule has 4 N–H and O–H groups in total. The molecule has 0 aliphatic heterocycles. The van der Waals surface area contributed by atoms with E-state index in [0.29, 0.717) is 16.4 Å². The Balaban J connectivity index is 1.94. The number of nitrogen functional groups attached to an aromatic ring is 1. The van der Waals surface area contributed by atoms with Gasteiger partial charge in [-0.2, -0.15) is 0 Å². The molecule has 0 fully saturated rings. The summed E-state index contributed by atoms with van der Waals surface area (Å²) in [6.07, 6.45) is 3.89. The zero-order valence-electron chi connectivity index (χ0n) is 16.8. The second-order valence-electron chi connectivity index (χ2n) is 7.01. The first-order valence-corrected chi connectivity index (χ1v) is 10.1. The Morgan fingerprint density at radius 3 is 2.38 bits per heavy atom. The molecule has 0 aliphatic carbocycles. The van der Waals surface area contributed by atoms with Gasteiger partial charge in [0.25, 0.3) is 0 Å². The van der Waals surface area contributed by atoms with Crippen LogP contribution in [-0.2, 0) is 0 Å². The number of nitrogens with zero attached hydrogens (tertiary/aromatic N) is 4. The van der Waals surface area contributed by atoms with Crippen molar-refractivity contribution >= 4 is 29.5 Å². The molecule has 0 saturated heterocycles. The molecule has 3 heterocycles. The lowest BCUT2D eigenvalue weighted by Gasteiger charge is -2.28. The molecule has 0 bridgehead atoms. The van der Waals surface area contributed by atoms with Gasteiger partial charge in [0.2, 0.25) is 5.95 Å². The number of anilines is 2. The zero-order chi connectivity index (χ0) is 22.5. The smallest absolute Gasteiger partial charge is 0.410 e. The van der Waals surface area contributed by atoms with Crippen molar-refractivity contribution in [2.45, 2.75) is 11.8 Å². The molecular weight excluding hydrogens is 428 g/mol. The second kappa shape index (κ2) is 9.40. The summed E-state index contributed by atoms with van der Waals surface area (Å²) < 4.78 is 0. The number of carbonyl (C=O) groups is 1. The van der Waals surface area contributed by atoms with Crippen LogP contribution >= 0.6 is 11.6 Å². The van der Waals surface area contributed by atoms with Crippen LogP contribution in [0.15, 0.2) is 79.3 Å². The number of carboxylic acid groups (broad SMARTS) is 1. The summed E-state index contributed by atoms with van der Waals surface area (Å²) >= 11 is 6.14. The fourth-order valence-electron chi connectivity index (χ4n) is 3.67. The van der Waals surface area contributed by atoms with E-state index in [1.54, 1.807) is 36.8 Å². The van der Waals surface area contributed by atoms with E-state index in [1.165, 1.54) is 0 Å². The Morgan fingerprint density at radius 1 is 0.906 bits per heavy atom. The first kappa shape index (κ1) is 21.2. The Kier molecular flexibility index (Phi) is 6.23. The Hall–Kier alpha value is -4.04. The molecule has 0 radical (unpaired) electrons. The lowest BCUT2D eigenvalue weighted by atomic mass is 9.77. The summed E-state index contributed by atoms with van der Waals surface area (Å²) in [5.74, 6) is -0.333. The summed E-state index contributed by atoms with van der Waals surface area (Å²) in [6, 6.07) is 18.3. The predicted molar refractivity (Wildman–Crippen MR) is 122 cm³/mol. The maximum atomic E-state index is 11.2. The Morgan fingerprint density at radius 2 is 1.69 bits per heavy atom. The quantitative estimate of drug-likeness (QED) is 0.396. The third-order valence-corrected chi connectivity index (χ3v) is 5.20. The number of benzene rings is 1. The van der Waals surface area contributed by atoms with E-state index in [-0.39, 0.29) is 17.7 Å². The highest BCUT2D eigenvalue weighted by molar-refractivity contribution is 6.30. The maximum Gasteiger partial charge on any atom is 0.410 e. The highest BCUT2D eigenvalue weighted by Crippen LogP contribution is 2.42. The minimum absolute atomic E-state index is 0.133. The third kappa shape index (κ3) is 4.81. The molecule has 2 atom stereocenters. The summed E-state index contributed by atoms with van der Waals surface area (Å²) in [4.78, 5) is 28.5. The van der Waals surface area contributed by atoms with Gasteiger partial charge >= 0.3 is 6.09 Å². The minimum atomic E-state index is -1.20. The number of aromatic nitrogens is 4. The van der Waals surface area contributed by atoms with Crippen LogP contribution in [0.5, 0.6) is 0 Å². The molecule has 0 aliphatic rings. The minimum Gasteiger partial charge on any atom is -0.465 e. The molecule has 0 spiro atoms. The molecule has 32 heavy (non-hydrogen) atoms. The summed E-state index contributed by atoms with van der Waals surface area (Å²) in [5, 5.41) is 12.1. The van der Waals surface area contributed by atoms with Crippen molar-refractivity contribution < 1.29 is 9.90 Å². The third-order valence-electron chi connectivity index (χ3n) is 4.94. The highest BCUT2D eigenvalue weighted by atomic mass is 35.5. The van der Waals surface area contributed by atoms with E-state index in [9.17, 15) is 4.79 Å². The molecule has 0 saturated carbocycles. The fraction of sp³-hybridized carbons (Fsp3) is 0.0870. The normalized spacial score (nSPS) is 12.7. The SMILES string of the molecule is Nc1nccc(C(c2cccc(NC(=O)O)n2)C(c2ccc(Cl)cc2)c2cccnc2)n1. The molecule has 1 aromatic carbocycles. The molecule has 1 amide bonds. The largest absolute Gasteiger partial charge is 0.465 e. The first-order chi connectivity index (χ1) is 15.5. The highest BCUT2D eigenvalue weighted by Gasteiger charge is 2.31. The topological polar surface area (TPSA) is 127 Å². The van der Waals surface area contributed by atoms with Gasteiger partial charge in [0.1, 0.15) is 5.82 Å². The number of halogens is 1. The number of rotatable bonds is 6. The van der Waals surface area contributed by atoms with Crippen molar-refractivity contribution in [3.8, 4) is 0 Å². The predicted octanol–water partition coefficient (Wildman–Crippen LogP) is 4.56. The number of nitrogens with two attached hydrogens (primary N) is 1. The van der Waals surface area contributed by atoms with Crippen LogP contribution in [0.3, 0.4) is 0 Å². The molecule has 4 rings (SSSR count). The molecular formula is C23H19ClN6O2. The van der Waals surface area contributed by atoms with E-state index >= 15 is 0 Å². The van der Waals surface area contributed by atoms with Crippen molar-refractivity contribution in [1.82, 2.24) is 19.9 Å². The average molecular weight is 447 g/mol. The van der Waals surface area contributed by atoms with Gasteiger partial charge in [0.05, 0.1) is 17.3 Å². The van der Waals surface area contributed by atoms with Gasteiger partial charge in [-0.1, -0.05) is 35.9 Å². The van der Waals surface area contributed by atoms with Gasteiger partial charge in [-0.05, 0) is 47.5 Å². The zero-order valence-corrected chi connectivity index (χ0v) is 17.5. The van der Waals surface area contributed by atoms with E-state index in [4.69, 9.17) is 22.4 Å².